The molecule has 0 bridgehead atoms. The Morgan fingerprint density at radius 1 is 0.529 bits per heavy atom. The van der Waals surface area contributed by atoms with Gasteiger partial charge < -0.3 is 9.84 Å². The lowest BCUT2D eigenvalue weighted by Crippen LogP contribution is -2.18. The molecule has 0 radical (unpaired) electrons. The van der Waals surface area contributed by atoms with Crippen molar-refractivity contribution in [3.8, 4) is 0 Å². The van der Waals surface area contributed by atoms with Gasteiger partial charge in [-0.25, -0.2) is 0 Å². The van der Waals surface area contributed by atoms with Crippen molar-refractivity contribution in [1.82, 2.24) is 0 Å². The molecule has 0 saturated heterocycles. The van der Waals surface area contributed by atoms with Gasteiger partial charge in [-0.05, 0) is 38.5 Å². The topological polar surface area (TPSA) is 63.6 Å². The zero-order valence-corrected chi connectivity index (χ0v) is 22.9. The van der Waals surface area contributed by atoms with Crippen LogP contribution in [-0.4, -0.2) is 23.1 Å². The van der Waals surface area contributed by atoms with Gasteiger partial charge in [-0.1, -0.05) is 123 Å². The van der Waals surface area contributed by atoms with Crippen molar-refractivity contribution in [3.63, 3.8) is 0 Å². The van der Waals surface area contributed by atoms with Crippen LogP contribution in [-0.2, 0) is 14.3 Å². The zero-order chi connectivity index (χ0) is 25.1. The van der Waals surface area contributed by atoms with E-state index < -0.39 is 5.97 Å². The van der Waals surface area contributed by atoms with Crippen molar-refractivity contribution in [2.24, 2.45) is 0 Å². The summed E-state index contributed by atoms with van der Waals surface area (Å²) in [4.78, 5) is 23.0. The summed E-state index contributed by atoms with van der Waals surface area (Å²) in [5.74, 6) is -0.763. The highest BCUT2D eigenvalue weighted by atomic mass is 16.5. The monoisotopic (exact) mass is 482 g/mol. The quantitative estimate of drug-likeness (QED) is 0.0934. The van der Waals surface area contributed by atoms with E-state index in [1.807, 2.05) is 0 Å². The molecular weight excluding hydrogens is 424 g/mol. The third kappa shape index (κ3) is 25.6. The van der Waals surface area contributed by atoms with Crippen LogP contribution >= 0.6 is 0 Å². The number of rotatable bonds is 27. The summed E-state index contributed by atoms with van der Waals surface area (Å²) in [5.41, 5.74) is 0. The van der Waals surface area contributed by atoms with Gasteiger partial charge in [0.1, 0.15) is 6.10 Å². The fourth-order valence-corrected chi connectivity index (χ4v) is 4.59. The standard InChI is InChI=1S/C30H58O4/c1-3-5-7-9-10-11-12-13-14-15-16-17-18-23-27-30(33)34-28(24-20-8-6-4-2)25-21-19-22-26-29(31)32/h28H,3-27H2,1-2H3,(H,31,32). The summed E-state index contributed by atoms with van der Waals surface area (Å²) in [6, 6.07) is 0. The van der Waals surface area contributed by atoms with Crippen molar-refractivity contribution in [2.45, 2.75) is 180 Å². The van der Waals surface area contributed by atoms with Crippen LogP contribution < -0.4 is 0 Å². The maximum absolute atomic E-state index is 12.3. The molecule has 0 aromatic carbocycles. The molecule has 0 aromatic rings. The molecule has 4 nitrogen and oxygen atoms in total. The van der Waals surface area contributed by atoms with Crippen molar-refractivity contribution >= 4 is 11.9 Å². The van der Waals surface area contributed by atoms with Crippen molar-refractivity contribution in [2.75, 3.05) is 0 Å². The number of carbonyl (C=O) groups is 2. The molecule has 0 fully saturated rings. The van der Waals surface area contributed by atoms with Gasteiger partial charge in [0, 0.05) is 12.8 Å². The van der Waals surface area contributed by atoms with Crippen LogP contribution in [0.5, 0.6) is 0 Å². The Kier molecular flexibility index (Phi) is 25.7. The maximum atomic E-state index is 12.3. The third-order valence-corrected chi connectivity index (χ3v) is 6.83. The summed E-state index contributed by atoms with van der Waals surface area (Å²) in [6.45, 7) is 4.48. The van der Waals surface area contributed by atoms with Gasteiger partial charge in [0.2, 0.25) is 0 Å². The Morgan fingerprint density at radius 2 is 0.882 bits per heavy atom. The molecule has 34 heavy (non-hydrogen) atoms. The molecule has 0 rings (SSSR count). The van der Waals surface area contributed by atoms with Crippen LogP contribution in [0.3, 0.4) is 0 Å². The Labute approximate surface area is 212 Å². The molecule has 0 spiro atoms. The number of hydrogen-bond donors (Lipinski definition) is 1. The fourth-order valence-electron chi connectivity index (χ4n) is 4.59. The lowest BCUT2D eigenvalue weighted by Gasteiger charge is -2.18. The van der Waals surface area contributed by atoms with E-state index in [2.05, 4.69) is 13.8 Å². The lowest BCUT2D eigenvalue weighted by atomic mass is 10.0. The van der Waals surface area contributed by atoms with E-state index in [-0.39, 0.29) is 18.5 Å². The van der Waals surface area contributed by atoms with E-state index in [1.165, 1.54) is 96.3 Å². The fraction of sp³-hybridized carbons (Fsp3) is 0.933. The van der Waals surface area contributed by atoms with Gasteiger partial charge in [0.25, 0.3) is 0 Å². The molecule has 1 unspecified atom stereocenters. The van der Waals surface area contributed by atoms with Gasteiger partial charge in [-0.15, -0.1) is 0 Å². The van der Waals surface area contributed by atoms with Gasteiger partial charge in [0.05, 0.1) is 0 Å². The summed E-state index contributed by atoms with van der Waals surface area (Å²) < 4.78 is 5.82. The van der Waals surface area contributed by atoms with Gasteiger partial charge in [-0.3, -0.25) is 9.59 Å². The lowest BCUT2D eigenvalue weighted by molar-refractivity contribution is -0.150. The Hall–Kier alpha value is -1.06. The van der Waals surface area contributed by atoms with Crippen LogP contribution in [0.2, 0.25) is 0 Å². The molecule has 0 aromatic heterocycles. The Morgan fingerprint density at radius 3 is 1.32 bits per heavy atom. The summed E-state index contributed by atoms with van der Waals surface area (Å²) in [7, 11) is 0. The normalized spacial score (nSPS) is 12.1. The predicted octanol–water partition coefficient (Wildman–Crippen LogP) is 9.78. The molecule has 0 aliphatic rings. The van der Waals surface area contributed by atoms with Crippen molar-refractivity contribution in [1.29, 1.82) is 0 Å². The predicted molar refractivity (Wildman–Crippen MR) is 144 cm³/mol. The molecule has 0 aliphatic carbocycles. The molecule has 1 atom stereocenters. The number of esters is 1. The summed E-state index contributed by atoms with van der Waals surface area (Å²) in [6.07, 6.45) is 28.4. The average Bonchev–Trinajstić information content (AvgIpc) is 2.81. The van der Waals surface area contributed by atoms with E-state index >= 15 is 0 Å². The van der Waals surface area contributed by atoms with Crippen LogP contribution in [0, 0.1) is 0 Å². The van der Waals surface area contributed by atoms with E-state index in [0.29, 0.717) is 12.8 Å². The number of hydrogen-bond acceptors (Lipinski definition) is 3. The second-order valence-electron chi connectivity index (χ2n) is 10.3. The summed E-state index contributed by atoms with van der Waals surface area (Å²) >= 11 is 0. The second-order valence-corrected chi connectivity index (χ2v) is 10.3. The Balaban J connectivity index is 3.74. The number of carbonyl (C=O) groups excluding carboxylic acids is 1. The van der Waals surface area contributed by atoms with Crippen LogP contribution in [0.25, 0.3) is 0 Å². The number of carboxylic acids is 1. The first-order valence-corrected chi connectivity index (χ1v) is 15.0. The first-order valence-electron chi connectivity index (χ1n) is 15.0. The first-order chi connectivity index (χ1) is 16.6. The highest BCUT2D eigenvalue weighted by molar-refractivity contribution is 5.69. The second kappa shape index (κ2) is 26.5. The highest BCUT2D eigenvalue weighted by Crippen LogP contribution is 2.18. The minimum atomic E-state index is -0.726. The van der Waals surface area contributed by atoms with Crippen molar-refractivity contribution < 1.29 is 19.4 Å². The zero-order valence-electron chi connectivity index (χ0n) is 22.9. The van der Waals surface area contributed by atoms with E-state index in [1.54, 1.807) is 0 Å². The largest absolute Gasteiger partial charge is 0.481 e. The van der Waals surface area contributed by atoms with E-state index in [0.717, 1.165) is 44.9 Å². The van der Waals surface area contributed by atoms with Crippen LogP contribution in [0.15, 0.2) is 0 Å². The third-order valence-electron chi connectivity index (χ3n) is 6.83. The smallest absolute Gasteiger partial charge is 0.306 e. The highest BCUT2D eigenvalue weighted by Gasteiger charge is 2.14. The number of ether oxygens (including phenoxy) is 1. The van der Waals surface area contributed by atoms with E-state index in [4.69, 9.17) is 9.84 Å². The Bertz CT molecular complexity index is 449. The molecule has 202 valence electrons. The SMILES string of the molecule is CCCCCCCCCCCCCCCCC(=O)OC(CCCCCC)CCCCCC(=O)O. The minimum absolute atomic E-state index is 0.0147. The van der Waals surface area contributed by atoms with Crippen LogP contribution in [0.1, 0.15) is 174 Å². The summed E-state index contributed by atoms with van der Waals surface area (Å²) in [5, 5.41) is 8.76. The molecule has 1 N–H and O–H groups in total. The molecule has 0 aliphatic heterocycles. The van der Waals surface area contributed by atoms with Gasteiger partial charge >= 0.3 is 11.9 Å². The molecule has 0 heterocycles. The number of aliphatic carboxylic acids is 1. The van der Waals surface area contributed by atoms with Gasteiger partial charge in [-0.2, -0.15) is 0 Å². The maximum Gasteiger partial charge on any atom is 0.306 e. The molecule has 4 heteroatoms. The molecular formula is C30H58O4. The average molecular weight is 483 g/mol. The van der Waals surface area contributed by atoms with E-state index in [9.17, 15) is 9.59 Å². The van der Waals surface area contributed by atoms with Crippen molar-refractivity contribution in [3.05, 3.63) is 0 Å². The minimum Gasteiger partial charge on any atom is -0.481 e. The van der Waals surface area contributed by atoms with Crippen LogP contribution in [0.4, 0.5) is 0 Å². The molecule has 0 amide bonds. The van der Waals surface area contributed by atoms with Gasteiger partial charge in [0.15, 0.2) is 0 Å². The molecule has 0 saturated carbocycles. The first kappa shape index (κ1) is 32.9. The number of unbranched alkanes of at least 4 members (excludes halogenated alkanes) is 18. The number of carboxylic acid groups (broad SMARTS) is 1.